The monoisotopic (exact) mass is 268 g/mol. The average Bonchev–Trinajstić information content (AvgIpc) is 2.21. The molecular formula is C10H11Cl3O2. The van der Waals surface area contributed by atoms with Gasteiger partial charge in [-0.2, -0.15) is 0 Å². The van der Waals surface area contributed by atoms with E-state index in [-0.39, 0.29) is 5.88 Å². The first-order valence-corrected chi connectivity index (χ1v) is 5.72. The number of rotatable bonds is 4. The van der Waals surface area contributed by atoms with Crippen molar-refractivity contribution in [2.75, 3.05) is 5.88 Å². The number of aliphatic hydroxyl groups excluding tert-OH is 2. The van der Waals surface area contributed by atoms with Gasteiger partial charge in [0.25, 0.3) is 0 Å². The molecule has 0 amide bonds. The molecule has 2 nitrogen and oxygen atoms in total. The van der Waals surface area contributed by atoms with Crippen molar-refractivity contribution < 1.29 is 10.2 Å². The number of halogens is 3. The van der Waals surface area contributed by atoms with Crippen molar-refractivity contribution in [2.45, 2.75) is 18.6 Å². The molecule has 0 bridgehead atoms. The summed E-state index contributed by atoms with van der Waals surface area (Å²) in [7, 11) is 0. The van der Waals surface area contributed by atoms with Gasteiger partial charge < -0.3 is 10.2 Å². The van der Waals surface area contributed by atoms with Crippen molar-refractivity contribution in [1.29, 1.82) is 0 Å². The topological polar surface area (TPSA) is 40.5 Å². The van der Waals surface area contributed by atoms with Crippen LogP contribution in [0.3, 0.4) is 0 Å². The molecule has 0 saturated heterocycles. The molecule has 1 rings (SSSR count). The summed E-state index contributed by atoms with van der Waals surface area (Å²) in [5.74, 6) is 0.274. The Labute approximate surface area is 103 Å². The molecule has 0 aliphatic rings. The summed E-state index contributed by atoms with van der Waals surface area (Å²) in [5, 5.41) is 20.2. The molecule has 2 N–H and O–H groups in total. The summed E-state index contributed by atoms with van der Waals surface area (Å²) >= 11 is 17.1. The molecule has 0 radical (unpaired) electrons. The summed E-state index contributed by atoms with van der Waals surface area (Å²) in [4.78, 5) is 0. The van der Waals surface area contributed by atoms with Crippen molar-refractivity contribution in [3.63, 3.8) is 0 Å². The standard InChI is InChI=1S/C10H11Cl3O2/c11-4-3-9(14)10(15)7-5-6(12)1-2-8(7)13/h1-2,5,9-10,14-15H,3-4H2. The lowest BCUT2D eigenvalue weighted by Gasteiger charge is -2.18. The fourth-order valence-electron chi connectivity index (χ4n) is 1.22. The van der Waals surface area contributed by atoms with Gasteiger partial charge in [-0.3, -0.25) is 0 Å². The summed E-state index contributed by atoms with van der Waals surface area (Å²) < 4.78 is 0. The zero-order valence-corrected chi connectivity index (χ0v) is 10.1. The van der Waals surface area contributed by atoms with Gasteiger partial charge >= 0.3 is 0 Å². The first-order valence-electron chi connectivity index (χ1n) is 4.43. The van der Waals surface area contributed by atoms with Gasteiger partial charge in [-0.25, -0.2) is 0 Å². The number of hydrogen-bond donors (Lipinski definition) is 2. The maximum atomic E-state index is 9.77. The predicted octanol–water partition coefficient (Wildman–Crippen LogP) is 3.02. The average molecular weight is 270 g/mol. The zero-order chi connectivity index (χ0) is 11.4. The third-order valence-corrected chi connectivity index (χ3v) is 2.84. The molecule has 0 aliphatic heterocycles. The fraction of sp³-hybridized carbons (Fsp3) is 0.400. The highest BCUT2D eigenvalue weighted by Crippen LogP contribution is 2.29. The summed E-state index contributed by atoms with van der Waals surface area (Å²) in [6.07, 6.45) is -1.70. The van der Waals surface area contributed by atoms with E-state index in [4.69, 9.17) is 34.8 Å². The van der Waals surface area contributed by atoms with Crippen LogP contribution in [0.1, 0.15) is 18.1 Å². The van der Waals surface area contributed by atoms with Crippen molar-refractivity contribution in [3.05, 3.63) is 33.8 Å². The van der Waals surface area contributed by atoms with Crippen molar-refractivity contribution >= 4 is 34.8 Å². The largest absolute Gasteiger partial charge is 0.390 e. The SMILES string of the molecule is OC(CCCl)C(O)c1cc(Cl)ccc1Cl. The van der Waals surface area contributed by atoms with Crippen LogP contribution in [-0.2, 0) is 0 Å². The minimum absolute atomic E-state index is 0.274. The molecule has 1 aromatic rings. The van der Waals surface area contributed by atoms with Crippen LogP contribution in [0, 0.1) is 0 Å². The van der Waals surface area contributed by atoms with Crippen LogP contribution >= 0.6 is 34.8 Å². The van der Waals surface area contributed by atoms with E-state index in [1.54, 1.807) is 12.1 Å². The van der Waals surface area contributed by atoms with E-state index in [9.17, 15) is 10.2 Å². The Morgan fingerprint density at radius 3 is 2.47 bits per heavy atom. The van der Waals surface area contributed by atoms with Crippen LogP contribution in [0.25, 0.3) is 0 Å². The Balaban J connectivity index is 2.89. The Kier molecular flexibility index (Phi) is 5.16. The highest BCUT2D eigenvalue weighted by Gasteiger charge is 2.20. The van der Waals surface area contributed by atoms with E-state index in [1.165, 1.54) is 6.07 Å². The van der Waals surface area contributed by atoms with E-state index in [0.717, 1.165) is 0 Å². The number of hydrogen-bond acceptors (Lipinski definition) is 2. The molecule has 0 aliphatic carbocycles. The first kappa shape index (κ1) is 13.1. The van der Waals surface area contributed by atoms with Gasteiger partial charge in [0.15, 0.2) is 0 Å². The maximum Gasteiger partial charge on any atom is 0.106 e. The molecule has 15 heavy (non-hydrogen) atoms. The lowest BCUT2D eigenvalue weighted by molar-refractivity contribution is 0.0170. The minimum atomic E-state index is -1.06. The molecule has 0 aromatic heterocycles. The second-order valence-corrected chi connectivity index (χ2v) is 4.38. The first-order chi connectivity index (χ1) is 7.06. The Hall–Kier alpha value is 0.01000. The Bertz CT molecular complexity index is 330. The minimum Gasteiger partial charge on any atom is -0.390 e. The molecule has 2 atom stereocenters. The van der Waals surface area contributed by atoms with E-state index < -0.39 is 12.2 Å². The number of aliphatic hydroxyl groups is 2. The molecule has 1 aromatic carbocycles. The second-order valence-electron chi connectivity index (χ2n) is 3.16. The van der Waals surface area contributed by atoms with Crippen LogP contribution in [-0.4, -0.2) is 22.2 Å². The van der Waals surface area contributed by atoms with E-state index in [1.807, 2.05) is 0 Å². The molecule has 84 valence electrons. The summed E-state index contributed by atoms with van der Waals surface area (Å²) in [5.41, 5.74) is 0.418. The Morgan fingerprint density at radius 2 is 1.87 bits per heavy atom. The highest BCUT2D eigenvalue weighted by atomic mass is 35.5. The van der Waals surface area contributed by atoms with Crippen LogP contribution in [0.5, 0.6) is 0 Å². The predicted molar refractivity (Wildman–Crippen MR) is 62.8 cm³/mol. The third kappa shape index (κ3) is 3.51. The van der Waals surface area contributed by atoms with Gasteiger partial charge in [0.05, 0.1) is 6.10 Å². The van der Waals surface area contributed by atoms with E-state index in [2.05, 4.69) is 0 Å². The zero-order valence-electron chi connectivity index (χ0n) is 7.83. The lowest BCUT2D eigenvalue weighted by Crippen LogP contribution is -2.19. The summed E-state index contributed by atoms with van der Waals surface area (Å²) in [6, 6.07) is 4.73. The van der Waals surface area contributed by atoms with Crippen LogP contribution in [0.4, 0.5) is 0 Å². The molecule has 5 heteroatoms. The lowest BCUT2D eigenvalue weighted by atomic mass is 10.0. The molecule has 0 spiro atoms. The summed E-state index contributed by atoms with van der Waals surface area (Å²) in [6.45, 7) is 0. The normalized spacial score (nSPS) is 15.0. The van der Waals surface area contributed by atoms with E-state index >= 15 is 0 Å². The van der Waals surface area contributed by atoms with Gasteiger partial charge in [0.2, 0.25) is 0 Å². The van der Waals surface area contributed by atoms with Gasteiger partial charge in [0, 0.05) is 21.5 Å². The fourth-order valence-corrected chi connectivity index (χ4v) is 1.85. The third-order valence-electron chi connectivity index (χ3n) is 2.05. The maximum absolute atomic E-state index is 9.77. The molecule has 0 fully saturated rings. The number of alkyl halides is 1. The van der Waals surface area contributed by atoms with E-state index in [0.29, 0.717) is 22.0 Å². The van der Waals surface area contributed by atoms with Gasteiger partial charge in [0.1, 0.15) is 6.10 Å². The van der Waals surface area contributed by atoms with Crippen LogP contribution < -0.4 is 0 Å². The quantitative estimate of drug-likeness (QED) is 0.825. The van der Waals surface area contributed by atoms with Crippen molar-refractivity contribution in [3.8, 4) is 0 Å². The van der Waals surface area contributed by atoms with Crippen molar-refractivity contribution in [1.82, 2.24) is 0 Å². The van der Waals surface area contributed by atoms with Gasteiger partial charge in [-0.1, -0.05) is 23.2 Å². The molecular weight excluding hydrogens is 258 g/mol. The van der Waals surface area contributed by atoms with Crippen LogP contribution in [0.2, 0.25) is 10.0 Å². The molecule has 0 heterocycles. The van der Waals surface area contributed by atoms with Crippen LogP contribution in [0.15, 0.2) is 18.2 Å². The molecule has 2 unspecified atom stereocenters. The van der Waals surface area contributed by atoms with Gasteiger partial charge in [-0.15, -0.1) is 11.6 Å². The van der Waals surface area contributed by atoms with Crippen molar-refractivity contribution in [2.24, 2.45) is 0 Å². The Morgan fingerprint density at radius 1 is 1.20 bits per heavy atom. The highest BCUT2D eigenvalue weighted by molar-refractivity contribution is 6.33. The smallest absolute Gasteiger partial charge is 0.106 e. The second kappa shape index (κ2) is 5.92. The molecule has 0 saturated carbocycles. The number of benzene rings is 1. The van der Waals surface area contributed by atoms with Gasteiger partial charge in [-0.05, 0) is 24.6 Å².